The van der Waals surface area contributed by atoms with Gasteiger partial charge in [-0.1, -0.05) is 18.6 Å². The minimum absolute atomic E-state index is 0.0399. The van der Waals surface area contributed by atoms with Crippen molar-refractivity contribution in [3.8, 4) is 11.5 Å². The first kappa shape index (κ1) is 25.1. The van der Waals surface area contributed by atoms with Crippen molar-refractivity contribution in [2.45, 2.75) is 47.0 Å². The standard InChI is InChI=1S/C10H18O.C8H8O3.C2H6O/c1-9(2)5-4-6-10(3)7-8-11;1-11-8-4-6(5-9)2-3-7(8)10;1-2-3/h5,8,10H,4,6-7H2,1-3H3;2-5,10H,1H3;3H,2H2,1H3. The Bertz CT molecular complexity index is 505. The summed E-state index contributed by atoms with van der Waals surface area (Å²) in [6, 6.07) is 4.41. The number of phenols is 1. The number of carbonyl (C=O) groups is 2. The molecule has 2 N–H and O–H groups in total. The molecule has 0 spiro atoms. The lowest BCUT2D eigenvalue weighted by molar-refractivity contribution is -0.108. The number of aromatic hydroxyl groups is 1. The summed E-state index contributed by atoms with van der Waals surface area (Å²) in [5, 5.41) is 16.7. The van der Waals surface area contributed by atoms with E-state index < -0.39 is 0 Å². The normalized spacial score (nSPS) is 10.2. The molecular weight excluding hydrogens is 320 g/mol. The van der Waals surface area contributed by atoms with Crippen molar-refractivity contribution in [3.05, 3.63) is 35.4 Å². The molecule has 25 heavy (non-hydrogen) atoms. The van der Waals surface area contributed by atoms with Crippen LogP contribution in [0.5, 0.6) is 11.5 Å². The summed E-state index contributed by atoms with van der Waals surface area (Å²) in [6.07, 6.45) is 6.87. The van der Waals surface area contributed by atoms with Gasteiger partial charge in [0, 0.05) is 18.6 Å². The van der Waals surface area contributed by atoms with Crippen LogP contribution >= 0.6 is 0 Å². The van der Waals surface area contributed by atoms with E-state index in [0.29, 0.717) is 29.9 Å². The van der Waals surface area contributed by atoms with Crippen molar-refractivity contribution < 1.29 is 24.5 Å². The van der Waals surface area contributed by atoms with Crippen LogP contribution in [0.4, 0.5) is 0 Å². The molecule has 0 aromatic heterocycles. The van der Waals surface area contributed by atoms with Gasteiger partial charge in [-0.05, 0) is 57.7 Å². The predicted molar refractivity (Wildman–Crippen MR) is 101 cm³/mol. The fourth-order valence-electron chi connectivity index (χ4n) is 1.71. The minimum atomic E-state index is 0.0399. The third kappa shape index (κ3) is 15.1. The van der Waals surface area contributed by atoms with Gasteiger partial charge in [0.25, 0.3) is 0 Å². The topological polar surface area (TPSA) is 83.8 Å². The van der Waals surface area contributed by atoms with Gasteiger partial charge in [0.05, 0.1) is 7.11 Å². The number of ether oxygens (including phenoxy) is 1. The van der Waals surface area contributed by atoms with Crippen molar-refractivity contribution in [2.24, 2.45) is 5.92 Å². The molecule has 0 saturated carbocycles. The van der Waals surface area contributed by atoms with Crippen molar-refractivity contribution in [3.63, 3.8) is 0 Å². The summed E-state index contributed by atoms with van der Waals surface area (Å²) in [5.74, 6) is 0.899. The van der Waals surface area contributed by atoms with E-state index in [-0.39, 0.29) is 12.4 Å². The fourth-order valence-corrected chi connectivity index (χ4v) is 1.71. The number of aliphatic hydroxyl groups is 1. The second-order valence-corrected chi connectivity index (χ2v) is 5.73. The molecule has 0 saturated heterocycles. The number of phenolic OH excluding ortho intramolecular Hbond substituents is 1. The number of hydrogen-bond donors (Lipinski definition) is 2. The molecule has 1 unspecified atom stereocenters. The van der Waals surface area contributed by atoms with E-state index in [4.69, 9.17) is 14.9 Å². The first-order valence-corrected chi connectivity index (χ1v) is 8.36. The third-order valence-corrected chi connectivity index (χ3v) is 3.05. The largest absolute Gasteiger partial charge is 0.504 e. The van der Waals surface area contributed by atoms with Gasteiger partial charge in [0.1, 0.15) is 12.6 Å². The number of rotatable bonds is 7. The predicted octanol–water partition coefficient (Wildman–Crippen LogP) is 4.17. The van der Waals surface area contributed by atoms with Crippen LogP contribution in [0.25, 0.3) is 0 Å². The molecule has 0 amide bonds. The molecule has 0 aliphatic carbocycles. The quantitative estimate of drug-likeness (QED) is 0.568. The maximum atomic E-state index is 10.2. The van der Waals surface area contributed by atoms with Crippen molar-refractivity contribution in [1.29, 1.82) is 0 Å². The molecule has 5 heteroatoms. The van der Waals surface area contributed by atoms with Gasteiger partial charge in [0.15, 0.2) is 11.5 Å². The molecule has 0 heterocycles. The fraction of sp³-hybridized carbons (Fsp3) is 0.500. The number of hydrogen-bond acceptors (Lipinski definition) is 5. The molecule has 0 aliphatic heterocycles. The second kappa shape index (κ2) is 16.7. The highest BCUT2D eigenvalue weighted by molar-refractivity contribution is 5.76. The van der Waals surface area contributed by atoms with Crippen LogP contribution in [-0.4, -0.2) is 36.5 Å². The number of allylic oxidation sites excluding steroid dienone is 2. The van der Waals surface area contributed by atoms with Crippen LogP contribution < -0.4 is 4.74 Å². The number of methoxy groups -OCH3 is 1. The van der Waals surface area contributed by atoms with Gasteiger partial charge in [0.2, 0.25) is 0 Å². The third-order valence-electron chi connectivity index (χ3n) is 3.05. The lowest BCUT2D eigenvalue weighted by Gasteiger charge is -2.03. The second-order valence-electron chi connectivity index (χ2n) is 5.73. The zero-order chi connectivity index (χ0) is 19.7. The Morgan fingerprint density at radius 2 is 1.88 bits per heavy atom. The summed E-state index contributed by atoms with van der Waals surface area (Å²) < 4.78 is 4.78. The first-order chi connectivity index (χ1) is 11.9. The Morgan fingerprint density at radius 3 is 2.32 bits per heavy atom. The average Bonchev–Trinajstić information content (AvgIpc) is 2.56. The highest BCUT2D eigenvalue weighted by Gasteiger charge is 2.00. The van der Waals surface area contributed by atoms with Crippen LogP contribution in [0.1, 0.15) is 57.3 Å². The lowest BCUT2D eigenvalue weighted by Crippen LogP contribution is -1.93. The highest BCUT2D eigenvalue weighted by Crippen LogP contribution is 2.25. The minimum Gasteiger partial charge on any atom is -0.504 e. The highest BCUT2D eigenvalue weighted by atomic mass is 16.5. The average molecular weight is 352 g/mol. The Balaban J connectivity index is 0. The van der Waals surface area contributed by atoms with E-state index >= 15 is 0 Å². The van der Waals surface area contributed by atoms with Crippen LogP contribution in [0, 0.1) is 5.92 Å². The summed E-state index contributed by atoms with van der Waals surface area (Å²) in [4.78, 5) is 20.3. The molecule has 0 radical (unpaired) electrons. The van der Waals surface area contributed by atoms with Crippen molar-refractivity contribution >= 4 is 12.6 Å². The Kier molecular flexibility index (Phi) is 16.8. The van der Waals surface area contributed by atoms with Gasteiger partial charge in [-0.3, -0.25) is 4.79 Å². The van der Waals surface area contributed by atoms with Gasteiger partial charge >= 0.3 is 0 Å². The molecule has 1 rings (SSSR count). The molecule has 0 fully saturated rings. The number of benzene rings is 1. The number of aldehydes is 2. The summed E-state index contributed by atoms with van der Waals surface area (Å²) >= 11 is 0. The summed E-state index contributed by atoms with van der Waals surface area (Å²) in [6.45, 7) is 8.25. The van der Waals surface area contributed by atoms with E-state index in [9.17, 15) is 9.59 Å². The first-order valence-electron chi connectivity index (χ1n) is 8.36. The molecule has 142 valence electrons. The monoisotopic (exact) mass is 352 g/mol. The number of carbonyl (C=O) groups excluding carboxylic acids is 2. The molecule has 0 aliphatic rings. The van der Waals surface area contributed by atoms with Gasteiger partial charge in [-0.15, -0.1) is 0 Å². The van der Waals surface area contributed by atoms with Gasteiger partial charge in [-0.2, -0.15) is 0 Å². The van der Waals surface area contributed by atoms with E-state index in [1.165, 1.54) is 30.9 Å². The zero-order valence-electron chi connectivity index (χ0n) is 16.0. The summed E-state index contributed by atoms with van der Waals surface area (Å²) in [5.41, 5.74) is 1.85. The van der Waals surface area contributed by atoms with Gasteiger partial charge < -0.3 is 19.7 Å². The SMILES string of the molecule is CC(C)=CCCC(C)CC=O.CCO.COc1cc(C=O)ccc1O. The molecule has 1 aromatic carbocycles. The molecule has 5 nitrogen and oxygen atoms in total. The van der Waals surface area contributed by atoms with E-state index in [0.717, 1.165) is 19.1 Å². The Labute approximate surface area is 151 Å². The van der Waals surface area contributed by atoms with Gasteiger partial charge in [-0.25, -0.2) is 0 Å². The van der Waals surface area contributed by atoms with Crippen LogP contribution in [-0.2, 0) is 4.79 Å². The van der Waals surface area contributed by atoms with E-state index in [2.05, 4.69) is 26.8 Å². The molecule has 1 aromatic rings. The smallest absolute Gasteiger partial charge is 0.161 e. The van der Waals surface area contributed by atoms with Crippen molar-refractivity contribution in [2.75, 3.05) is 13.7 Å². The summed E-state index contributed by atoms with van der Waals surface area (Å²) in [7, 11) is 1.43. The number of aliphatic hydroxyl groups excluding tert-OH is 1. The Hall–Kier alpha value is -2.14. The Morgan fingerprint density at radius 1 is 1.28 bits per heavy atom. The molecular formula is C20H32O5. The maximum absolute atomic E-state index is 10.2. The van der Waals surface area contributed by atoms with Crippen LogP contribution in [0.15, 0.2) is 29.8 Å². The zero-order valence-corrected chi connectivity index (χ0v) is 16.0. The van der Waals surface area contributed by atoms with E-state index in [1.54, 1.807) is 6.92 Å². The molecule has 0 bridgehead atoms. The van der Waals surface area contributed by atoms with Crippen molar-refractivity contribution in [1.82, 2.24) is 0 Å². The van der Waals surface area contributed by atoms with Crippen LogP contribution in [0.2, 0.25) is 0 Å². The lowest BCUT2D eigenvalue weighted by atomic mass is 10.0. The molecule has 1 atom stereocenters. The van der Waals surface area contributed by atoms with E-state index in [1.807, 2.05) is 0 Å². The van der Waals surface area contributed by atoms with Crippen LogP contribution in [0.3, 0.4) is 0 Å². The maximum Gasteiger partial charge on any atom is 0.161 e.